The molecule has 0 atom stereocenters. The molecular formula is C13H14ClNO2S. The number of benzene rings is 1. The van der Waals surface area contributed by atoms with Crippen LogP contribution in [0.15, 0.2) is 34.9 Å². The lowest BCUT2D eigenvalue weighted by atomic mass is 10.2. The van der Waals surface area contributed by atoms with Crippen molar-refractivity contribution in [3.63, 3.8) is 0 Å². The minimum absolute atomic E-state index is 0.236. The van der Waals surface area contributed by atoms with Gasteiger partial charge in [-0.3, -0.25) is 0 Å². The molecule has 0 bridgehead atoms. The molecular weight excluding hydrogens is 270 g/mol. The van der Waals surface area contributed by atoms with E-state index in [1.165, 1.54) is 0 Å². The molecule has 1 heterocycles. The van der Waals surface area contributed by atoms with Crippen LogP contribution >= 0.6 is 23.4 Å². The first-order valence-electron chi connectivity index (χ1n) is 5.68. The zero-order valence-electron chi connectivity index (χ0n) is 9.80. The summed E-state index contributed by atoms with van der Waals surface area (Å²) in [6.07, 6.45) is 2.48. The zero-order chi connectivity index (χ0) is 12.8. The Bertz CT molecular complexity index is 501. The molecule has 0 saturated heterocycles. The van der Waals surface area contributed by atoms with Gasteiger partial charge in [0.25, 0.3) is 0 Å². The molecule has 18 heavy (non-hydrogen) atoms. The van der Waals surface area contributed by atoms with Crippen LogP contribution in [-0.4, -0.2) is 22.5 Å². The fraction of sp³-hybridized carbons (Fsp3) is 0.308. The van der Waals surface area contributed by atoms with Gasteiger partial charge in [-0.25, -0.2) is 4.98 Å². The summed E-state index contributed by atoms with van der Waals surface area (Å²) in [6, 6.07) is 7.44. The predicted molar refractivity (Wildman–Crippen MR) is 74.8 cm³/mol. The number of hydrogen-bond donors (Lipinski definition) is 1. The number of rotatable bonds is 6. The van der Waals surface area contributed by atoms with Crippen molar-refractivity contribution in [2.45, 2.75) is 12.2 Å². The van der Waals surface area contributed by atoms with E-state index in [2.05, 4.69) is 4.98 Å². The van der Waals surface area contributed by atoms with Crippen LogP contribution in [0.4, 0.5) is 0 Å². The number of aromatic nitrogens is 1. The van der Waals surface area contributed by atoms with Crippen LogP contribution < -0.4 is 0 Å². The van der Waals surface area contributed by atoms with Crippen molar-refractivity contribution in [3.05, 3.63) is 41.2 Å². The second-order valence-corrected chi connectivity index (χ2v) is 5.33. The molecule has 0 saturated carbocycles. The van der Waals surface area contributed by atoms with Crippen molar-refractivity contribution in [2.24, 2.45) is 0 Å². The molecule has 1 aromatic carbocycles. The predicted octanol–water partition coefficient (Wildman–Crippen LogP) is 3.61. The molecule has 0 amide bonds. The minimum atomic E-state index is 0.236. The van der Waals surface area contributed by atoms with Crippen LogP contribution in [0.1, 0.15) is 12.1 Å². The number of hydrogen-bond acceptors (Lipinski definition) is 4. The second kappa shape index (κ2) is 6.83. The summed E-state index contributed by atoms with van der Waals surface area (Å²) >= 11 is 7.66. The van der Waals surface area contributed by atoms with Gasteiger partial charge in [-0.15, -0.1) is 0 Å². The molecule has 0 unspecified atom stereocenters. The Morgan fingerprint density at radius 1 is 1.39 bits per heavy atom. The molecule has 0 spiro atoms. The topological polar surface area (TPSA) is 46.3 Å². The molecule has 2 aromatic rings. The zero-order valence-corrected chi connectivity index (χ0v) is 11.4. The van der Waals surface area contributed by atoms with E-state index in [4.69, 9.17) is 21.1 Å². The fourth-order valence-corrected chi connectivity index (χ4v) is 2.48. The Labute approximate surface area is 115 Å². The van der Waals surface area contributed by atoms with Crippen molar-refractivity contribution in [1.82, 2.24) is 4.98 Å². The number of thioether (sulfide) groups is 1. The lowest BCUT2D eigenvalue weighted by Crippen LogP contribution is -1.87. The van der Waals surface area contributed by atoms with Crippen molar-refractivity contribution < 1.29 is 9.52 Å². The molecule has 0 fully saturated rings. The molecule has 1 aromatic heterocycles. The first-order chi connectivity index (χ1) is 8.79. The standard InChI is InChI=1S/C13H14ClNO2S/c14-11-4-1-3-10(7-11)13-15-12(8-17-13)9-18-6-2-5-16/h1,3-4,7-8,16H,2,5-6,9H2. The normalized spacial score (nSPS) is 10.8. The van der Waals surface area contributed by atoms with Gasteiger partial charge in [0.1, 0.15) is 6.26 Å². The Kier molecular flexibility index (Phi) is 5.11. The van der Waals surface area contributed by atoms with Crippen LogP contribution in [0, 0.1) is 0 Å². The SMILES string of the molecule is OCCCSCc1coc(-c2cccc(Cl)c2)n1. The third-order valence-corrected chi connectivity index (χ3v) is 3.63. The highest BCUT2D eigenvalue weighted by molar-refractivity contribution is 7.98. The molecule has 1 N–H and O–H groups in total. The quantitative estimate of drug-likeness (QED) is 0.823. The largest absolute Gasteiger partial charge is 0.444 e. The van der Waals surface area contributed by atoms with E-state index in [9.17, 15) is 0 Å². The van der Waals surface area contributed by atoms with Gasteiger partial charge in [0.05, 0.1) is 5.69 Å². The summed E-state index contributed by atoms with van der Waals surface area (Å²) in [6.45, 7) is 0.236. The van der Waals surface area contributed by atoms with Crippen LogP contribution in [0.25, 0.3) is 11.5 Å². The highest BCUT2D eigenvalue weighted by atomic mass is 35.5. The maximum Gasteiger partial charge on any atom is 0.226 e. The molecule has 96 valence electrons. The molecule has 5 heteroatoms. The lowest BCUT2D eigenvalue weighted by Gasteiger charge is -1.96. The summed E-state index contributed by atoms with van der Waals surface area (Å²) in [4.78, 5) is 4.41. The number of nitrogens with zero attached hydrogens (tertiary/aromatic N) is 1. The number of halogens is 1. The van der Waals surface area contributed by atoms with Gasteiger partial charge < -0.3 is 9.52 Å². The molecule has 0 radical (unpaired) electrons. The van der Waals surface area contributed by atoms with Gasteiger partial charge in [-0.1, -0.05) is 17.7 Å². The summed E-state index contributed by atoms with van der Waals surface area (Å²) in [7, 11) is 0. The van der Waals surface area contributed by atoms with Crippen molar-refractivity contribution in [3.8, 4) is 11.5 Å². The average Bonchev–Trinajstić information content (AvgIpc) is 2.83. The number of oxazole rings is 1. The Balaban J connectivity index is 1.97. The van der Waals surface area contributed by atoms with Gasteiger partial charge in [0, 0.05) is 22.9 Å². The maximum absolute atomic E-state index is 8.68. The van der Waals surface area contributed by atoms with E-state index < -0.39 is 0 Å². The van der Waals surface area contributed by atoms with Crippen LogP contribution in [-0.2, 0) is 5.75 Å². The van der Waals surface area contributed by atoms with Gasteiger partial charge in [-0.2, -0.15) is 11.8 Å². The van der Waals surface area contributed by atoms with E-state index in [-0.39, 0.29) is 6.61 Å². The molecule has 2 rings (SSSR count). The monoisotopic (exact) mass is 283 g/mol. The van der Waals surface area contributed by atoms with Gasteiger partial charge in [-0.05, 0) is 30.4 Å². The number of aliphatic hydroxyl groups excluding tert-OH is 1. The third-order valence-electron chi connectivity index (χ3n) is 2.32. The first-order valence-corrected chi connectivity index (χ1v) is 7.22. The summed E-state index contributed by atoms with van der Waals surface area (Å²) < 4.78 is 5.43. The second-order valence-electron chi connectivity index (χ2n) is 3.78. The fourth-order valence-electron chi connectivity index (χ4n) is 1.47. The Hall–Kier alpha value is -0.970. The van der Waals surface area contributed by atoms with Crippen molar-refractivity contribution in [1.29, 1.82) is 0 Å². The first kappa shape index (κ1) is 13.5. The Morgan fingerprint density at radius 3 is 3.06 bits per heavy atom. The van der Waals surface area contributed by atoms with E-state index in [0.717, 1.165) is 29.2 Å². The smallest absolute Gasteiger partial charge is 0.226 e. The van der Waals surface area contributed by atoms with Crippen LogP contribution in [0.2, 0.25) is 5.02 Å². The van der Waals surface area contributed by atoms with E-state index in [0.29, 0.717) is 10.9 Å². The summed E-state index contributed by atoms with van der Waals surface area (Å²) in [5, 5.41) is 9.35. The highest BCUT2D eigenvalue weighted by Crippen LogP contribution is 2.23. The molecule has 0 aliphatic heterocycles. The van der Waals surface area contributed by atoms with E-state index >= 15 is 0 Å². The van der Waals surface area contributed by atoms with Gasteiger partial charge in [0.15, 0.2) is 0 Å². The molecule has 0 aliphatic carbocycles. The van der Waals surface area contributed by atoms with Gasteiger partial charge >= 0.3 is 0 Å². The molecule has 0 aliphatic rings. The van der Waals surface area contributed by atoms with Crippen molar-refractivity contribution in [2.75, 3.05) is 12.4 Å². The highest BCUT2D eigenvalue weighted by Gasteiger charge is 2.06. The number of aliphatic hydroxyl groups is 1. The van der Waals surface area contributed by atoms with Crippen LogP contribution in [0.3, 0.4) is 0 Å². The average molecular weight is 284 g/mol. The maximum atomic E-state index is 8.68. The van der Waals surface area contributed by atoms with Gasteiger partial charge in [0.2, 0.25) is 5.89 Å². The van der Waals surface area contributed by atoms with Crippen molar-refractivity contribution >= 4 is 23.4 Å². The third kappa shape index (κ3) is 3.77. The minimum Gasteiger partial charge on any atom is -0.444 e. The summed E-state index contributed by atoms with van der Waals surface area (Å²) in [5.41, 5.74) is 1.79. The van der Waals surface area contributed by atoms with E-state index in [1.54, 1.807) is 18.0 Å². The Morgan fingerprint density at radius 2 is 2.28 bits per heavy atom. The van der Waals surface area contributed by atoms with E-state index in [1.807, 2.05) is 24.3 Å². The van der Waals surface area contributed by atoms with Crippen LogP contribution in [0.5, 0.6) is 0 Å². The molecule has 3 nitrogen and oxygen atoms in total. The lowest BCUT2D eigenvalue weighted by molar-refractivity contribution is 0.296. The summed E-state index contributed by atoms with van der Waals surface area (Å²) in [5.74, 6) is 2.31.